The van der Waals surface area contributed by atoms with Gasteiger partial charge in [-0.3, -0.25) is 4.68 Å². The Bertz CT molecular complexity index is 353. The molecule has 2 nitrogen and oxygen atoms in total. The SMILES string of the molecule is CCc1cc(CC(C)=CCCBr)n(CC)n1. The average molecular weight is 285 g/mol. The summed E-state index contributed by atoms with van der Waals surface area (Å²) in [5, 5.41) is 5.60. The van der Waals surface area contributed by atoms with Crippen LogP contribution in [-0.4, -0.2) is 15.1 Å². The second-order valence-corrected chi connectivity index (χ2v) is 4.79. The van der Waals surface area contributed by atoms with Crippen LogP contribution in [0, 0.1) is 0 Å². The molecule has 0 amide bonds. The molecule has 0 aromatic carbocycles. The number of rotatable bonds is 6. The molecule has 0 aliphatic carbocycles. The minimum absolute atomic E-state index is 0.959. The lowest BCUT2D eigenvalue weighted by atomic mass is 10.1. The molecule has 90 valence electrons. The summed E-state index contributed by atoms with van der Waals surface area (Å²) >= 11 is 3.44. The Morgan fingerprint density at radius 3 is 2.81 bits per heavy atom. The van der Waals surface area contributed by atoms with Gasteiger partial charge in [0.25, 0.3) is 0 Å². The number of allylic oxidation sites excluding steroid dienone is 2. The maximum atomic E-state index is 4.56. The third kappa shape index (κ3) is 3.78. The number of alkyl halides is 1. The van der Waals surface area contributed by atoms with Crippen molar-refractivity contribution in [1.29, 1.82) is 0 Å². The van der Waals surface area contributed by atoms with Crippen LogP contribution in [0.5, 0.6) is 0 Å². The molecule has 0 N–H and O–H groups in total. The summed E-state index contributed by atoms with van der Waals surface area (Å²) in [6.45, 7) is 7.45. The van der Waals surface area contributed by atoms with E-state index in [-0.39, 0.29) is 0 Å². The van der Waals surface area contributed by atoms with Crippen molar-refractivity contribution < 1.29 is 0 Å². The largest absolute Gasteiger partial charge is 0.269 e. The number of halogens is 1. The molecule has 0 aliphatic heterocycles. The van der Waals surface area contributed by atoms with E-state index >= 15 is 0 Å². The summed E-state index contributed by atoms with van der Waals surface area (Å²) in [6, 6.07) is 2.23. The van der Waals surface area contributed by atoms with Crippen LogP contribution in [0.2, 0.25) is 0 Å². The molecule has 0 atom stereocenters. The van der Waals surface area contributed by atoms with Crippen LogP contribution in [0.1, 0.15) is 38.6 Å². The summed E-state index contributed by atoms with van der Waals surface area (Å²) in [7, 11) is 0. The lowest BCUT2D eigenvalue weighted by molar-refractivity contribution is 0.620. The van der Waals surface area contributed by atoms with E-state index in [4.69, 9.17) is 0 Å². The second kappa shape index (κ2) is 6.89. The molecule has 1 aromatic heterocycles. The number of aromatic nitrogens is 2. The van der Waals surface area contributed by atoms with E-state index < -0.39 is 0 Å². The van der Waals surface area contributed by atoms with Gasteiger partial charge in [-0.25, -0.2) is 0 Å². The molecule has 0 fully saturated rings. The zero-order valence-electron chi connectivity index (χ0n) is 10.5. The molecule has 16 heavy (non-hydrogen) atoms. The third-order valence-electron chi connectivity index (χ3n) is 2.64. The van der Waals surface area contributed by atoms with Crippen LogP contribution < -0.4 is 0 Å². The number of aryl methyl sites for hydroxylation is 2. The van der Waals surface area contributed by atoms with Gasteiger partial charge in [-0.2, -0.15) is 5.10 Å². The van der Waals surface area contributed by atoms with Crippen molar-refractivity contribution in [2.75, 3.05) is 5.33 Å². The van der Waals surface area contributed by atoms with E-state index in [9.17, 15) is 0 Å². The minimum Gasteiger partial charge on any atom is -0.269 e. The zero-order chi connectivity index (χ0) is 12.0. The normalized spacial score (nSPS) is 12.1. The summed E-state index contributed by atoms with van der Waals surface area (Å²) < 4.78 is 2.12. The van der Waals surface area contributed by atoms with Gasteiger partial charge in [-0.15, -0.1) is 0 Å². The third-order valence-corrected chi connectivity index (χ3v) is 3.10. The highest BCUT2D eigenvalue weighted by molar-refractivity contribution is 9.09. The predicted octanol–water partition coefficient (Wildman–Crippen LogP) is 3.74. The first kappa shape index (κ1) is 13.5. The molecular formula is C13H21BrN2. The van der Waals surface area contributed by atoms with Gasteiger partial charge in [0, 0.05) is 24.0 Å². The smallest absolute Gasteiger partial charge is 0.0624 e. The summed E-state index contributed by atoms with van der Waals surface area (Å²) in [6.07, 6.45) is 5.44. The first-order valence-corrected chi connectivity index (χ1v) is 7.10. The Hall–Kier alpha value is -0.570. The molecule has 0 radical (unpaired) electrons. The molecule has 1 heterocycles. The van der Waals surface area contributed by atoms with Gasteiger partial charge in [0.1, 0.15) is 0 Å². The fourth-order valence-electron chi connectivity index (χ4n) is 1.76. The van der Waals surface area contributed by atoms with Crippen molar-refractivity contribution in [1.82, 2.24) is 9.78 Å². The average Bonchev–Trinajstić information content (AvgIpc) is 2.68. The fraction of sp³-hybridized carbons (Fsp3) is 0.615. The van der Waals surface area contributed by atoms with Crippen LogP contribution in [0.25, 0.3) is 0 Å². The molecule has 1 rings (SSSR count). The van der Waals surface area contributed by atoms with Crippen molar-refractivity contribution in [2.45, 2.75) is 46.6 Å². The Morgan fingerprint density at radius 1 is 1.50 bits per heavy atom. The van der Waals surface area contributed by atoms with Crippen LogP contribution in [0.3, 0.4) is 0 Å². The van der Waals surface area contributed by atoms with Gasteiger partial charge in [-0.1, -0.05) is 34.5 Å². The lowest BCUT2D eigenvalue weighted by Gasteiger charge is -2.04. The Morgan fingerprint density at radius 2 is 2.25 bits per heavy atom. The fourth-order valence-corrected chi connectivity index (χ4v) is 1.99. The molecule has 1 aromatic rings. The highest BCUT2D eigenvalue weighted by atomic mass is 79.9. The van der Waals surface area contributed by atoms with Crippen LogP contribution >= 0.6 is 15.9 Å². The van der Waals surface area contributed by atoms with Crippen LogP contribution in [0.4, 0.5) is 0 Å². The van der Waals surface area contributed by atoms with Gasteiger partial charge in [0.05, 0.1) is 5.69 Å². The van der Waals surface area contributed by atoms with Crippen molar-refractivity contribution in [3.05, 3.63) is 29.1 Å². The number of hydrogen-bond acceptors (Lipinski definition) is 1. The van der Waals surface area contributed by atoms with E-state index in [2.05, 4.69) is 58.6 Å². The minimum atomic E-state index is 0.959. The molecule has 0 spiro atoms. The van der Waals surface area contributed by atoms with E-state index in [1.807, 2.05) is 0 Å². The topological polar surface area (TPSA) is 17.8 Å². The molecule has 0 bridgehead atoms. The maximum Gasteiger partial charge on any atom is 0.0624 e. The van der Waals surface area contributed by atoms with Gasteiger partial charge < -0.3 is 0 Å². The lowest BCUT2D eigenvalue weighted by Crippen LogP contribution is -2.03. The van der Waals surface area contributed by atoms with Crippen molar-refractivity contribution in [2.24, 2.45) is 0 Å². The first-order valence-electron chi connectivity index (χ1n) is 5.98. The van der Waals surface area contributed by atoms with E-state index in [1.54, 1.807) is 0 Å². The Kier molecular flexibility index (Phi) is 5.81. The highest BCUT2D eigenvalue weighted by Gasteiger charge is 2.05. The van der Waals surface area contributed by atoms with Crippen LogP contribution in [0.15, 0.2) is 17.7 Å². The molecule has 3 heteroatoms. The Balaban J connectivity index is 2.75. The summed E-state index contributed by atoms with van der Waals surface area (Å²) in [4.78, 5) is 0. The first-order chi connectivity index (χ1) is 7.71. The van der Waals surface area contributed by atoms with Gasteiger partial charge in [-0.05, 0) is 32.8 Å². The molecule has 0 saturated carbocycles. The van der Waals surface area contributed by atoms with Gasteiger partial charge in [0.15, 0.2) is 0 Å². The quantitative estimate of drug-likeness (QED) is 0.575. The van der Waals surface area contributed by atoms with E-state index in [1.165, 1.54) is 17.0 Å². The maximum absolute atomic E-state index is 4.56. The predicted molar refractivity (Wildman–Crippen MR) is 73.2 cm³/mol. The number of hydrogen-bond donors (Lipinski definition) is 0. The summed E-state index contributed by atoms with van der Waals surface area (Å²) in [5.74, 6) is 0. The summed E-state index contributed by atoms with van der Waals surface area (Å²) in [5.41, 5.74) is 3.96. The highest BCUT2D eigenvalue weighted by Crippen LogP contribution is 2.11. The van der Waals surface area contributed by atoms with E-state index in [0.29, 0.717) is 0 Å². The monoisotopic (exact) mass is 284 g/mol. The van der Waals surface area contributed by atoms with Crippen molar-refractivity contribution in [3.8, 4) is 0 Å². The standard InChI is InChI=1S/C13H21BrN2/c1-4-12-10-13(16(5-2)15-12)9-11(3)7-6-8-14/h7,10H,4-6,8-9H2,1-3H3. The van der Waals surface area contributed by atoms with Crippen LogP contribution in [-0.2, 0) is 19.4 Å². The zero-order valence-corrected chi connectivity index (χ0v) is 12.0. The molecule has 0 saturated heterocycles. The van der Waals surface area contributed by atoms with Gasteiger partial charge >= 0.3 is 0 Å². The van der Waals surface area contributed by atoms with E-state index in [0.717, 1.165) is 31.1 Å². The molecule has 0 aliphatic rings. The van der Waals surface area contributed by atoms with Gasteiger partial charge in [0.2, 0.25) is 0 Å². The molecule has 0 unspecified atom stereocenters. The van der Waals surface area contributed by atoms with Crippen molar-refractivity contribution >= 4 is 15.9 Å². The number of nitrogens with zero attached hydrogens (tertiary/aromatic N) is 2. The van der Waals surface area contributed by atoms with Crippen molar-refractivity contribution in [3.63, 3.8) is 0 Å². The molecular weight excluding hydrogens is 264 g/mol. The second-order valence-electron chi connectivity index (χ2n) is 4.00. The Labute approximate surface area is 107 Å².